The van der Waals surface area contributed by atoms with Crippen LogP contribution in [0.1, 0.15) is 71.3 Å². The molecule has 1 aliphatic carbocycles. The Morgan fingerprint density at radius 3 is 2.64 bits per heavy atom. The molecule has 0 bridgehead atoms. The Bertz CT molecular complexity index is 546. The molecular formula is C23H34O2. The minimum absolute atomic E-state index is 0.00911. The number of benzene rings is 1. The lowest BCUT2D eigenvalue weighted by Crippen LogP contribution is -2.43. The van der Waals surface area contributed by atoms with Gasteiger partial charge < -0.3 is 4.74 Å². The summed E-state index contributed by atoms with van der Waals surface area (Å²) in [4.78, 5) is 12.3. The Morgan fingerprint density at radius 1 is 1.24 bits per heavy atom. The minimum atomic E-state index is -0.0305. The maximum atomic E-state index is 12.3. The molecule has 138 valence electrons. The Morgan fingerprint density at radius 2 is 1.96 bits per heavy atom. The van der Waals surface area contributed by atoms with Crippen LogP contribution in [0.2, 0.25) is 0 Å². The summed E-state index contributed by atoms with van der Waals surface area (Å²) in [6.45, 7) is 10.6. The molecule has 2 heteroatoms. The van der Waals surface area contributed by atoms with Crippen molar-refractivity contribution in [3.63, 3.8) is 0 Å². The fraction of sp³-hybridized carbons (Fsp3) is 0.609. The normalized spacial score (nSPS) is 23.9. The average Bonchev–Trinajstić information content (AvgIpc) is 2.59. The summed E-state index contributed by atoms with van der Waals surface area (Å²) in [5.41, 5.74) is 1.34. The molecule has 0 amide bonds. The third-order valence-corrected chi connectivity index (χ3v) is 5.82. The van der Waals surface area contributed by atoms with Gasteiger partial charge in [0.2, 0.25) is 0 Å². The number of esters is 1. The van der Waals surface area contributed by atoms with E-state index in [0.717, 1.165) is 32.1 Å². The van der Waals surface area contributed by atoms with E-state index in [4.69, 9.17) is 4.74 Å². The third kappa shape index (κ3) is 5.45. The standard InChI is InChI=1S/C23H34O2/c1-5-6-7-11-14-22(24)25-21-17-18(2)15-16-20(21)23(3,4)19-12-9-8-10-13-19/h5,8-10,12-13,18,20-21H,1,6-7,11,14-17H2,2-4H3/t18-,20-,21-/m1/s1. The quantitative estimate of drug-likeness (QED) is 0.326. The van der Waals surface area contributed by atoms with E-state index >= 15 is 0 Å². The van der Waals surface area contributed by atoms with E-state index in [9.17, 15) is 4.79 Å². The molecule has 1 aromatic carbocycles. The number of hydrogen-bond donors (Lipinski definition) is 0. The molecule has 0 spiro atoms. The molecule has 2 rings (SSSR count). The fourth-order valence-electron chi connectivity index (χ4n) is 4.15. The summed E-state index contributed by atoms with van der Waals surface area (Å²) in [6.07, 6.45) is 8.66. The monoisotopic (exact) mass is 342 g/mol. The molecule has 0 aliphatic heterocycles. The van der Waals surface area contributed by atoms with Crippen molar-refractivity contribution in [2.24, 2.45) is 11.8 Å². The van der Waals surface area contributed by atoms with Crippen molar-refractivity contribution in [2.45, 2.75) is 77.2 Å². The van der Waals surface area contributed by atoms with E-state index in [1.165, 1.54) is 12.0 Å². The highest BCUT2D eigenvalue weighted by atomic mass is 16.5. The molecule has 1 fully saturated rings. The van der Waals surface area contributed by atoms with Gasteiger partial charge in [0.15, 0.2) is 0 Å². The predicted octanol–water partition coefficient (Wildman–Crippen LogP) is 6.06. The van der Waals surface area contributed by atoms with Crippen molar-refractivity contribution < 1.29 is 9.53 Å². The second-order valence-corrected chi connectivity index (χ2v) is 8.18. The minimum Gasteiger partial charge on any atom is -0.462 e. The van der Waals surface area contributed by atoms with Crippen LogP contribution in [0.3, 0.4) is 0 Å². The summed E-state index contributed by atoms with van der Waals surface area (Å²) in [7, 11) is 0. The van der Waals surface area contributed by atoms with Crippen LogP contribution in [-0.4, -0.2) is 12.1 Å². The van der Waals surface area contributed by atoms with Crippen LogP contribution in [0.5, 0.6) is 0 Å². The second kappa shape index (κ2) is 9.22. The van der Waals surface area contributed by atoms with Crippen LogP contribution < -0.4 is 0 Å². The molecule has 0 aromatic heterocycles. The van der Waals surface area contributed by atoms with Crippen molar-refractivity contribution in [1.29, 1.82) is 0 Å². The topological polar surface area (TPSA) is 26.3 Å². The number of ether oxygens (including phenoxy) is 1. The van der Waals surface area contributed by atoms with Gasteiger partial charge in [0.1, 0.15) is 6.10 Å². The Hall–Kier alpha value is -1.57. The lowest BCUT2D eigenvalue weighted by molar-refractivity contribution is -0.156. The van der Waals surface area contributed by atoms with E-state index in [0.29, 0.717) is 18.3 Å². The summed E-state index contributed by atoms with van der Waals surface area (Å²) in [6, 6.07) is 10.7. The Balaban J connectivity index is 2.04. The molecule has 0 N–H and O–H groups in total. The van der Waals surface area contributed by atoms with E-state index < -0.39 is 0 Å². The fourth-order valence-corrected chi connectivity index (χ4v) is 4.15. The van der Waals surface area contributed by atoms with Crippen LogP contribution in [-0.2, 0) is 14.9 Å². The molecule has 1 aromatic rings. The first kappa shape index (κ1) is 19.8. The number of hydrogen-bond acceptors (Lipinski definition) is 2. The maximum Gasteiger partial charge on any atom is 0.306 e. The van der Waals surface area contributed by atoms with Crippen molar-refractivity contribution in [1.82, 2.24) is 0 Å². The third-order valence-electron chi connectivity index (χ3n) is 5.82. The van der Waals surface area contributed by atoms with Gasteiger partial charge in [-0.1, -0.05) is 63.6 Å². The van der Waals surface area contributed by atoms with E-state index in [1.807, 2.05) is 6.08 Å². The number of allylic oxidation sites excluding steroid dienone is 1. The number of rotatable bonds is 8. The highest BCUT2D eigenvalue weighted by molar-refractivity contribution is 5.69. The molecule has 1 saturated carbocycles. The van der Waals surface area contributed by atoms with Crippen LogP contribution >= 0.6 is 0 Å². The van der Waals surface area contributed by atoms with E-state index in [-0.39, 0.29) is 17.5 Å². The highest BCUT2D eigenvalue weighted by Crippen LogP contribution is 2.43. The smallest absolute Gasteiger partial charge is 0.306 e. The van der Waals surface area contributed by atoms with Gasteiger partial charge in [0.25, 0.3) is 0 Å². The lowest BCUT2D eigenvalue weighted by Gasteiger charge is -2.44. The van der Waals surface area contributed by atoms with Gasteiger partial charge in [0, 0.05) is 12.3 Å². The molecule has 25 heavy (non-hydrogen) atoms. The van der Waals surface area contributed by atoms with Crippen molar-refractivity contribution in [3.05, 3.63) is 48.6 Å². The molecule has 0 unspecified atom stereocenters. The van der Waals surface area contributed by atoms with Gasteiger partial charge in [0.05, 0.1) is 0 Å². The maximum absolute atomic E-state index is 12.3. The highest BCUT2D eigenvalue weighted by Gasteiger charge is 2.41. The van der Waals surface area contributed by atoms with Gasteiger partial charge >= 0.3 is 5.97 Å². The molecule has 0 radical (unpaired) electrons. The van der Waals surface area contributed by atoms with Gasteiger partial charge in [-0.3, -0.25) is 4.79 Å². The molecule has 2 nitrogen and oxygen atoms in total. The zero-order chi connectivity index (χ0) is 18.3. The zero-order valence-electron chi connectivity index (χ0n) is 16.2. The van der Waals surface area contributed by atoms with Gasteiger partial charge in [-0.15, -0.1) is 6.58 Å². The van der Waals surface area contributed by atoms with E-state index in [2.05, 4.69) is 57.7 Å². The summed E-state index contributed by atoms with van der Waals surface area (Å²) >= 11 is 0. The molecule has 0 saturated heterocycles. The first-order valence-corrected chi connectivity index (χ1v) is 9.81. The number of unbranched alkanes of at least 4 members (excludes halogenated alkanes) is 2. The van der Waals surface area contributed by atoms with Crippen LogP contribution in [0, 0.1) is 11.8 Å². The van der Waals surface area contributed by atoms with Crippen LogP contribution in [0.25, 0.3) is 0 Å². The number of carbonyl (C=O) groups is 1. The second-order valence-electron chi connectivity index (χ2n) is 8.18. The molecule has 1 aliphatic rings. The van der Waals surface area contributed by atoms with Crippen molar-refractivity contribution in [2.75, 3.05) is 0 Å². The van der Waals surface area contributed by atoms with Crippen LogP contribution in [0.4, 0.5) is 0 Å². The average molecular weight is 343 g/mol. The van der Waals surface area contributed by atoms with E-state index in [1.54, 1.807) is 0 Å². The first-order chi connectivity index (χ1) is 11.9. The van der Waals surface area contributed by atoms with Crippen molar-refractivity contribution in [3.8, 4) is 0 Å². The summed E-state index contributed by atoms with van der Waals surface area (Å²) in [5, 5.41) is 0. The summed E-state index contributed by atoms with van der Waals surface area (Å²) in [5.74, 6) is 0.974. The Labute approximate surface area is 153 Å². The number of carbonyl (C=O) groups excluding carboxylic acids is 1. The Kier molecular flexibility index (Phi) is 7.28. The molecular weight excluding hydrogens is 308 g/mol. The van der Waals surface area contributed by atoms with Crippen LogP contribution in [0.15, 0.2) is 43.0 Å². The lowest BCUT2D eigenvalue weighted by atomic mass is 9.64. The SMILES string of the molecule is C=CCCCCC(=O)O[C@@H]1C[C@H](C)CC[C@H]1C(C)(C)c1ccccc1. The largest absolute Gasteiger partial charge is 0.462 e. The van der Waals surface area contributed by atoms with Gasteiger partial charge in [-0.2, -0.15) is 0 Å². The zero-order valence-corrected chi connectivity index (χ0v) is 16.2. The predicted molar refractivity (Wildman–Crippen MR) is 105 cm³/mol. The molecule has 0 heterocycles. The first-order valence-electron chi connectivity index (χ1n) is 9.81. The van der Waals surface area contributed by atoms with Gasteiger partial charge in [-0.05, 0) is 49.0 Å². The molecule has 3 atom stereocenters. The van der Waals surface area contributed by atoms with Gasteiger partial charge in [-0.25, -0.2) is 0 Å². The van der Waals surface area contributed by atoms with Crippen molar-refractivity contribution >= 4 is 5.97 Å². The summed E-state index contributed by atoms with van der Waals surface area (Å²) < 4.78 is 6.00.